The summed E-state index contributed by atoms with van der Waals surface area (Å²) in [6.45, 7) is 2.48. The molecule has 0 radical (unpaired) electrons. The molecule has 1 aliphatic rings. The number of nitro groups is 1. The van der Waals surface area contributed by atoms with Crippen molar-refractivity contribution in [3.8, 4) is 11.5 Å². The van der Waals surface area contributed by atoms with E-state index < -0.39 is 16.7 Å². The molecule has 0 bridgehead atoms. The molecule has 3 aromatic carbocycles. The van der Waals surface area contributed by atoms with E-state index in [0.29, 0.717) is 23.7 Å². The predicted octanol–water partition coefficient (Wildman–Crippen LogP) is 5.94. The Morgan fingerprint density at radius 1 is 1.03 bits per heavy atom. The predicted molar refractivity (Wildman–Crippen MR) is 141 cm³/mol. The van der Waals surface area contributed by atoms with Gasteiger partial charge in [-0.3, -0.25) is 14.9 Å². The molecule has 0 spiro atoms. The maximum absolute atomic E-state index is 12.5. The zero-order valence-electron chi connectivity index (χ0n) is 20.4. The van der Waals surface area contributed by atoms with Crippen molar-refractivity contribution in [1.82, 2.24) is 5.43 Å². The van der Waals surface area contributed by atoms with Crippen LogP contribution < -0.4 is 14.9 Å². The summed E-state index contributed by atoms with van der Waals surface area (Å²) in [6, 6.07) is 27.6. The van der Waals surface area contributed by atoms with Crippen LogP contribution in [0.3, 0.4) is 0 Å². The molecule has 0 saturated heterocycles. The summed E-state index contributed by atoms with van der Waals surface area (Å²) in [7, 11) is 0. The second kappa shape index (κ2) is 10.8. The summed E-state index contributed by atoms with van der Waals surface area (Å²) in [4.78, 5) is 22.7. The molecule has 9 nitrogen and oxygen atoms in total. The van der Waals surface area contributed by atoms with Crippen molar-refractivity contribution in [3.63, 3.8) is 0 Å². The van der Waals surface area contributed by atoms with Gasteiger partial charge >= 0.3 is 11.8 Å². The van der Waals surface area contributed by atoms with Crippen LogP contribution in [0.4, 0.5) is 5.88 Å². The fraction of sp³-hybridized carbons (Fsp3) is 0.103. The lowest BCUT2D eigenvalue weighted by molar-refractivity contribution is -0.402. The number of hydrazone groups is 1. The molecule has 2 heterocycles. The zero-order valence-corrected chi connectivity index (χ0v) is 20.4. The molecule has 1 atom stereocenters. The van der Waals surface area contributed by atoms with Gasteiger partial charge in [0.1, 0.15) is 22.2 Å². The number of rotatable bonds is 8. The second-order valence-corrected chi connectivity index (χ2v) is 8.32. The third-order valence-electron chi connectivity index (χ3n) is 5.94. The third kappa shape index (κ3) is 5.03. The molecule has 1 aromatic heterocycles. The molecule has 1 aliphatic heterocycles. The SMILES string of the molecule is CCOc1ccc(C2=C(/C=N\NC(=O)c3ccc([N+](=O)[O-])o3)[C@@H](c3ccccc3)c3ccccc3O2)cc1. The molecule has 0 saturated carbocycles. The first kappa shape index (κ1) is 24.5. The van der Waals surface area contributed by atoms with Crippen LogP contribution in [-0.4, -0.2) is 23.7 Å². The molecule has 1 N–H and O–H groups in total. The number of nitrogens with zero attached hydrogens (tertiary/aromatic N) is 2. The van der Waals surface area contributed by atoms with Gasteiger partial charge < -0.3 is 13.9 Å². The summed E-state index contributed by atoms with van der Waals surface area (Å²) in [6.07, 6.45) is 1.54. The number of hydrogen-bond acceptors (Lipinski definition) is 7. The number of carbonyl (C=O) groups is 1. The minimum absolute atomic E-state index is 0.223. The van der Waals surface area contributed by atoms with Crippen LogP contribution in [0.25, 0.3) is 5.76 Å². The van der Waals surface area contributed by atoms with Gasteiger partial charge in [0.15, 0.2) is 0 Å². The van der Waals surface area contributed by atoms with E-state index in [1.54, 1.807) is 0 Å². The van der Waals surface area contributed by atoms with Gasteiger partial charge in [-0.25, -0.2) is 5.43 Å². The Bertz CT molecular complexity index is 1520. The summed E-state index contributed by atoms with van der Waals surface area (Å²) in [5, 5.41) is 15.1. The van der Waals surface area contributed by atoms with Gasteiger partial charge in [0.2, 0.25) is 5.76 Å². The van der Waals surface area contributed by atoms with Crippen molar-refractivity contribution < 1.29 is 23.6 Å². The molecule has 1 amide bonds. The Morgan fingerprint density at radius 3 is 2.47 bits per heavy atom. The van der Waals surface area contributed by atoms with Gasteiger partial charge in [-0.05, 0) is 48.9 Å². The Labute approximate surface area is 218 Å². The van der Waals surface area contributed by atoms with E-state index in [4.69, 9.17) is 13.9 Å². The van der Waals surface area contributed by atoms with Gasteiger partial charge in [0, 0.05) is 22.6 Å². The highest BCUT2D eigenvalue weighted by atomic mass is 16.6. The molecule has 9 heteroatoms. The monoisotopic (exact) mass is 509 g/mol. The Morgan fingerprint density at radius 2 is 1.76 bits per heavy atom. The van der Waals surface area contributed by atoms with Crippen LogP contribution in [-0.2, 0) is 0 Å². The van der Waals surface area contributed by atoms with Gasteiger partial charge in [-0.15, -0.1) is 0 Å². The number of nitrogens with one attached hydrogen (secondary N) is 1. The van der Waals surface area contributed by atoms with E-state index in [2.05, 4.69) is 10.5 Å². The summed E-state index contributed by atoms with van der Waals surface area (Å²) >= 11 is 0. The minimum atomic E-state index is -0.717. The number of amides is 1. The molecular formula is C29H23N3O6. The van der Waals surface area contributed by atoms with E-state index in [-0.39, 0.29) is 11.7 Å². The normalized spacial score (nSPS) is 14.6. The molecule has 38 heavy (non-hydrogen) atoms. The number of fused-ring (bicyclic) bond motifs is 1. The smallest absolute Gasteiger partial charge is 0.433 e. The summed E-state index contributed by atoms with van der Waals surface area (Å²) < 4.78 is 17.0. The molecule has 0 unspecified atom stereocenters. The fourth-order valence-corrected chi connectivity index (χ4v) is 4.28. The third-order valence-corrected chi connectivity index (χ3v) is 5.94. The van der Waals surface area contributed by atoms with E-state index >= 15 is 0 Å². The van der Waals surface area contributed by atoms with Crippen molar-refractivity contribution in [1.29, 1.82) is 0 Å². The first-order valence-electron chi connectivity index (χ1n) is 11.9. The average molecular weight is 510 g/mol. The number of carbonyl (C=O) groups excluding carboxylic acids is 1. The quantitative estimate of drug-likeness (QED) is 0.179. The van der Waals surface area contributed by atoms with Crippen molar-refractivity contribution in [2.45, 2.75) is 12.8 Å². The standard InChI is InChI=1S/C29H23N3O6/c1-2-36-21-14-12-20(13-15-21)28-23(18-30-31-29(33)25-16-17-26(37-25)32(34)35)27(19-8-4-3-5-9-19)22-10-6-7-11-24(22)38-28/h3-18,27H,2H2,1H3,(H,31,33)/b30-18-/t27-/m0/s1. The molecule has 4 aromatic rings. The van der Waals surface area contributed by atoms with Crippen LogP contribution in [0.1, 0.15) is 40.1 Å². The highest BCUT2D eigenvalue weighted by Crippen LogP contribution is 2.45. The van der Waals surface area contributed by atoms with E-state index in [1.807, 2.05) is 85.8 Å². The van der Waals surface area contributed by atoms with E-state index in [1.165, 1.54) is 12.3 Å². The first-order valence-corrected chi connectivity index (χ1v) is 11.9. The maximum atomic E-state index is 12.5. The van der Waals surface area contributed by atoms with Crippen molar-refractivity contribution in [3.05, 3.63) is 129 Å². The number of hydrogen-bond donors (Lipinski definition) is 1. The Balaban J connectivity index is 1.56. The van der Waals surface area contributed by atoms with Gasteiger partial charge in [0.25, 0.3) is 0 Å². The van der Waals surface area contributed by atoms with Crippen molar-refractivity contribution in [2.24, 2.45) is 5.10 Å². The number of allylic oxidation sites excluding steroid dienone is 1. The van der Waals surface area contributed by atoms with Crippen LogP contribution in [0, 0.1) is 10.1 Å². The molecule has 5 rings (SSSR count). The van der Waals surface area contributed by atoms with Gasteiger partial charge in [-0.1, -0.05) is 48.5 Å². The first-order chi connectivity index (χ1) is 18.5. The van der Waals surface area contributed by atoms with Crippen LogP contribution in [0.5, 0.6) is 11.5 Å². The van der Waals surface area contributed by atoms with E-state index in [0.717, 1.165) is 28.5 Å². The highest BCUT2D eigenvalue weighted by molar-refractivity contribution is 5.96. The molecule has 0 fully saturated rings. The second-order valence-electron chi connectivity index (χ2n) is 8.32. The number of furan rings is 1. The number of para-hydroxylation sites is 1. The maximum Gasteiger partial charge on any atom is 0.433 e. The van der Waals surface area contributed by atoms with Crippen LogP contribution in [0.2, 0.25) is 0 Å². The van der Waals surface area contributed by atoms with Crippen LogP contribution in [0.15, 0.2) is 106 Å². The lowest BCUT2D eigenvalue weighted by atomic mass is 9.81. The fourth-order valence-electron chi connectivity index (χ4n) is 4.28. The molecule has 0 aliphatic carbocycles. The van der Waals surface area contributed by atoms with Crippen molar-refractivity contribution >= 4 is 23.8 Å². The van der Waals surface area contributed by atoms with Gasteiger partial charge in [0.05, 0.1) is 18.9 Å². The summed E-state index contributed by atoms with van der Waals surface area (Å²) in [5.74, 6) is 0.323. The largest absolute Gasteiger partial charge is 0.494 e. The molecular weight excluding hydrogens is 486 g/mol. The van der Waals surface area contributed by atoms with Crippen LogP contribution >= 0.6 is 0 Å². The Hall–Kier alpha value is -5.18. The summed E-state index contributed by atoms with van der Waals surface area (Å²) in [5.41, 5.74) is 5.88. The lowest BCUT2D eigenvalue weighted by Crippen LogP contribution is -2.20. The Kier molecular flexibility index (Phi) is 6.99. The molecule has 190 valence electrons. The van der Waals surface area contributed by atoms with Crippen molar-refractivity contribution in [2.75, 3.05) is 6.61 Å². The highest BCUT2D eigenvalue weighted by Gasteiger charge is 2.31. The number of ether oxygens (including phenoxy) is 2. The van der Waals surface area contributed by atoms with Gasteiger partial charge in [-0.2, -0.15) is 5.10 Å². The zero-order chi connectivity index (χ0) is 26.5. The average Bonchev–Trinajstić information content (AvgIpc) is 3.45. The minimum Gasteiger partial charge on any atom is -0.494 e. The van der Waals surface area contributed by atoms with E-state index in [9.17, 15) is 14.9 Å². The lowest BCUT2D eigenvalue weighted by Gasteiger charge is -2.30. The topological polar surface area (TPSA) is 116 Å². The number of benzene rings is 3.